The second kappa shape index (κ2) is 6.37. The van der Waals surface area contributed by atoms with E-state index >= 15 is 0 Å². The number of amides is 1. The lowest BCUT2D eigenvalue weighted by atomic mass is 9.90. The average molecular weight is 268 g/mol. The van der Waals surface area contributed by atoms with Crippen LogP contribution in [0.5, 0.6) is 0 Å². The molecule has 0 spiro atoms. The van der Waals surface area contributed by atoms with Gasteiger partial charge in [0.25, 0.3) is 0 Å². The van der Waals surface area contributed by atoms with Gasteiger partial charge in [0.15, 0.2) is 0 Å². The predicted molar refractivity (Wildman–Crippen MR) is 71.8 cm³/mol. The van der Waals surface area contributed by atoms with E-state index in [4.69, 9.17) is 5.11 Å². The molecule has 0 aromatic carbocycles. The Morgan fingerprint density at radius 3 is 2.42 bits per heavy atom. The maximum Gasteiger partial charge on any atom is 0.305 e. The zero-order chi connectivity index (χ0) is 13.7. The topological polar surface area (TPSA) is 78.4 Å². The van der Waals surface area contributed by atoms with E-state index in [-0.39, 0.29) is 12.3 Å². The lowest BCUT2D eigenvalue weighted by Gasteiger charge is -2.30. The van der Waals surface area contributed by atoms with Gasteiger partial charge in [-0.15, -0.1) is 0 Å². The van der Waals surface area contributed by atoms with Gasteiger partial charge >= 0.3 is 5.97 Å². The van der Waals surface area contributed by atoms with Crippen molar-refractivity contribution < 1.29 is 14.7 Å². The molecule has 3 N–H and O–H groups in total. The van der Waals surface area contributed by atoms with Gasteiger partial charge in [0, 0.05) is 6.42 Å². The fourth-order valence-corrected chi connectivity index (χ4v) is 3.38. The van der Waals surface area contributed by atoms with Crippen LogP contribution in [0.3, 0.4) is 0 Å². The van der Waals surface area contributed by atoms with Crippen LogP contribution in [-0.2, 0) is 9.59 Å². The number of carbonyl (C=O) groups excluding carboxylic acids is 1. The maximum absolute atomic E-state index is 12.1. The molecule has 0 aromatic rings. The van der Waals surface area contributed by atoms with Gasteiger partial charge in [-0.25, -0.2) is 0 Å². The number of nitrogens with one attached hydrogen (secondary N) is 2. The molecule has 5 heteroatoms. The van der Waals surface area contributed by atoms with Gasteiger partial charge in [-0.1, -0.05) is 12.8 Å². The van der Waals surface area contributed by atoms with E-state index in [1.54, 1.807) is 0 Å². The van der Waals surface area contributed by atoms with E-state index in [1.807, 2.05) is 0 Å². The molecule has 2 rings (SSSR count). The van der Waals surface area contributed by atoms with Gasteiger partial charge in [-0.3, -0.25) is 9.59 Å². The normalized spacial score (nSPS) is 23.2. The second-order valence-corrected chi connectivity index (χ2v) is 6.00. The van der Waals surface area contributed by atoms with E-state index in [1.165, 1.54) is 0 Å². The van der Waals surface area contributed by atoms with E-state index in [0.717, 1.165) is 51.6 Å². The summed E-state index contributed by atoms with van der Waals surface area (Å²) in [5, 5.41) is 15.3. The Balaban J connectivity index is 1.86. The lowest BCUT2D eigenvalue weighted by molar-refractivity contribution is -0.139. The Morgan fingerprint density at radius 2 is 1.84 bits per heavy atom. The minimum absolute atomic E-state index is 0.0371. The highest BCUT2D eigenvalue weighted by molar-refractivity contribution is 5.78. The molecule has 0 radical (unpaired) electrons. The van der Waals surface area contributed by atoms with Gasteiger partial charge in [-0.2, -0.15) is 0 Å². The molecule has 0 aromatic heterocycles. The van der Waals surface area contributed by atoms with Crippen molar-refractivity contribution in [3.05, 3.63) is 0 Å². The molecule has 0 atom stereocenters. The summed E-state index contributed by atoms with van der Waals surface area (Å²) in [7, 11) is 0. The fraction of sp³-hybridized carbons (Fsp3) is 0.857. The quantitative estimate of drug-likeness (QED) is 0.702. The number of rotatable bonds is 5. The van der Waals surface area contributed by atoms with Crippen molar-refractivity contribution in [2.75, 3.05) is 13.1 Å². The number of aliphatic carboxylic acids is 1. The zero-order valence-corrected chi connectivity index (χ0v) is 11.4. The summed E-state index contributed by atoms with van der Waals surface area (Å²) in [5.74, 6) is -0.330. The largest absolute Gasteiger partial charge is 0.481 e. The Hall–Kier alpha value is -1.10. The van der Waals surface area contributed by atoms with Gasteiger partial charge in [0.05, 0.1) is 12.0 Å². The summed E-state index contributed by atoms with van der Waals surface area (Å²) in [5.41, 5.74) is -0.476. The summed E-state index contributed by atoms with van der Waals surface area (Å²) in [6.45, 7) is 1.97. The first-order valence-corrected chi connectivity index (χ1v) is 7.33. The van der Waals surface area contributed by atoms with E-state index < -0.39 is 11.5 Å². The van der Waals surface area contributed by atoms with E-state index in [2.05, 4.69) is 10.6 Å². The van der Waals surface area contributed by atoms with Crippen molar-refractivity contribution in [2.45, 2.75) is 56.9 Å². The van der Waals surface area contributed by atoms with Crippen LogP contribution < -0.4 is 10.6 Å². The molecule has 1 amide bonds. The predicted octanol–water partition coefficient (Wildman–Crippen LogP) is 1.28. The summed E-state index contributed by atoms with van der Waals surface area (Å²) in [6, 6.07) is 0. The van der Waals surface area contributed by atoms with Gasteiger partial charge in [0.1, 0.15) is 0 Å². The van der Waals surface area contributed by atoms with Crippen LogP contribution in [-0.4, -0.2) is 35.6 Å². The molecule has 1 saturated heterocycles. The van der Waals surface area contributed by atoms with Crippen LogP contribution in [0.4, 0.5) is 0 Å². The minimum Gasteiger partial charge on any atom is -0.481 e. The highest BCUT2D eigenvalue weighted by Gasteiger charge is 2.37. The highest BCUT2D eigenvalue weighted by atomic mass is 16.4. The Bertz CT molecular complexity index is 332. The molecule has 5 nitrogen and oxygen atoms in total. The molecule has 1 aliphatic carbocycles. The second-order valence-electron chi connectivity index (χ2n) is 6.00. The van der Waals surface area contributed by atoms with Crippen molar-refractivity contribution >= 4 is 11.9 Å². The summed E-state index contributed by atoms with van der Waals surface area (Å²) < 4.78 is 0. The number of carboxylic acids is 1. The van der Waals surface area contributed by atoms with E-state index in [0.29, 0.717) is 12.3 Å². The zero-order valence-electron chi connectivity index (χ0n) is 11.4. The Kier molecular flexibility index (Phi) is 4.80. The van der Waals surface area contributed by atoms with Crippen molar-refractivity contribution in [2.24, 2.45) is 5.92 Å². The highest BCUT2D eigenvalue weighted by Crippen LogP contribution is 2.33. The Morgan fingerprint density at radius 1 is 1.21 bits per heavy atom. The van der Waals surface area contributed by atoms with Crippen LogP contribution in [0.1, 0.15) is 51.4 Å². The van der Waals surface area contributed by atoms with Crippen molar-refractivity contribution in [3.63, 3.8) is 0 Å². The molecule has 0 bridgehead atoms. The fourth-order valence-electron chi connectivity index (χ4n) is 3.38. The Labute approximate surface area is 114 Å². The van der Waals surface area contributed by atoms with Gasteiger partial charge in [0.2, 0.25) is 5.91 Å². The molecule has 0 unspecified atom stereocenters. The minimum atomic E-state index is -0.816. The molecule has 1 saturated carbocycles. The number of piperidine rings is 1. The monoisotopic (exact) mass is 268 g/mol. The summed E-state index contributed by atoms with van der Waals surface area (Å²) >= 11 is 0. The van der Waals surface area contributed by atoms with Crippen molar-refractivity contribution in [3.8, 4) is 0 Å². The third-order valence-electron chi connectivity index (χ3n) is 4.39. The van der Waals surface area contributed by atoms with Gasteiger partial charge < -0.3 is 15.7 Å². The first kappa shape index (κ1) is 14.3. The molecule has 2 aliphatic rings. The first-order chi connectivity index (χ1) is 9.10. The SMILES string of the molecule is O=C(O)CC1(NC(=O)CC2CCNCC2)CCCC1. The van der Waals surface area contributed by atoms with Crippen LogP contribution >= 0.6 is 0 Å². The average Bonchev–Trinajstić information content (AvgIpc) is 2.77. The maximum atomic E-state index is 12.1. The molecule has 1 heterocycles. The standard InChI is InChI=1S/C14H24N2O3/c17-12(9-11-3-7-15-8-4-11)16-14(10-13(18)19)5-1-2-6-14/h11,15H,1-10H2,(H,16,17)(H,18,19). The van der Waals surface area contributed by atoms with Crippen molar-refractivity contribution in [1.82, 2.24) is 10.6 Å². The van der Waals surface area contributed by atoms with Crippen LogP contribution in [0.25, 0.3) is 0 Å². The van der Waals surface area contributed by atoms with Gasteiger partial charge in [-0.05, 0) is 44.7 Å². The molecule has 108 valence electrons. The third kappa shape index (κ3) is 4.20. The summed E-state index contributed by atoms with van der Waals surface area (Å²) in [4.78, 5) is 23.1. The van der Waals surface area contributed by atoms with Crippen LogP contribution in [0, 0.1) is 5.92 Å². The van der Waals surface area contributed by atoms with E-state index in [9.17, 15) is 9.59 Å². The smallest absolute Gasteiger partial charge is 0.305 e. The molecule has 1 aliphatic heterocycles. The number of carboxylic acid groups (broad SMARTS) is 1. The van der Waals surface area contributed by atoms with Crippen molar-refractivity contribution in [1.29, 1.82) is 0 Å². The van der Waals surface area contributed by atoms with Crippen LogP contribution in [0.2, 0.25) is 0 Å². The molecular weight excluding hydrogens is 244 g/mol. The molecule has 19 heavy (non-hydrogen) atoms. The number of hydrogen-bond donors (Lipinski definition) is 3. The first-order valence-electron chi connectivity index (χ1n) is 7.33. The number of hydrogen-bond acceptors (Lipinski definition) is 3. The number of carbonyl (C=O) groups is 2. The molecular formula is C14H24N2O3. The van der Waals surface area contributed by atoms with Crippen LogP contribution in [0.15, 0.2) is 0 Å². The summed E-state index contributed by atoms with van der Waals surface area (Å²) in [6.07, 6.45) is 6.32. The third-order valence-corrected chi connectivity index (χ3v) is 4.39. The molecule has 2 fully saturated rings. The lowest BCUT2D eigenvalue weighted by Crippen LogP contribution is -2.48.